The van der Waals surface area contributed by atoms with Crippen LogP contribution < -0.4 is 5.32 Å². The van der Waals surface area contributed by atoms with Crippen molar-refractivity contribution < 1.29 is 23.9 Å². The molecule has 7 nitrogen and oxygen atoms in total. The maximum Gasteiger partial charge on any atom is 0.337 e. The molecule has 1 N–H and O–H groups in total. The Morgan fingerprint density at radius 1 is 0.926 bits per heavy atom. The smallest absolute Gasteiger partial charge is 0.337 e. The SMILES string of the molecule is COC(=O)c1cc(NC(=O)CN(C)Cc2ccccc2)cc(C(=O)OC)c1. The number of carbonyl (C=O) groups is 3. The number of ether oxygens (including phenoxy) is 2. The van der Waals surface area contributed by atoms with Crippen LogP contribution >= 0.6 is 0 Å². The van der Waals surface area contributed by atoms with Gasteiger partial charge in [-0.25, -0.2) is 9.59 Å². The minimum atomic E-state index is -0.613. The van der Waals surface area contributed by atoms with E-state index in [9.17, 15) is 14.4 Å². The molecule has 0 saturated carbocycles. The number of nitrogens with zero attached hydrogens (tertiary/aromatic N) is 1. The van der Waals surface area contributed by atoms with Crippen molar-refractivity contribution >= 4 is 23.5 Å². The molecule has 0 unspecified atom stereocenters. The topological polar surface area (TPSA) is 84.9 Å². The lowest BCUT2D eigenvalue weighted by atomic mass is 10.1. The third-order valence-electron chi connectivity index (χ3n) is 3.77. The Morgan fingerprint density at radius 2 is 1.48 bits per heavy atom. The molecular formula is C20H22N2O5. The number of nitrogens with one attached hydrogen (secondary N) is 1. The molecule has 0 aliphatic heterocycles. The number of anilines is 1. The van der Waals surface area contributed by atoms with E-state index in [0.717, 1.165) is 5.56 Å². The first-order chi connectivity index (χ1) is 12.9. The molecule has 2 rings (SSSR count). The first-order valence-corrected chi connectivity index (χ1v) is 8.27. The number of esters is 2. The quantitative estimate of drug-likeness (QED) is 0.753. The van der Waals surface area contributed by atoms with Crippen molar-refractivity contribution in [2.45, 2.75) is 6.54 Å². The molecule has 0 spiro atoms. The highest BCUT2D eigenvalue weighted by Crippen LogP contribution is 2.17. The maximum atomic E-state index is 12.3. The summed E-state index contributed by atoms with van der Waals surface area (Å²) in [4.78, 5) is 37.8. The van der Waals surface area contributed by atoms with Crippen LogP contribution in [0.3, 0.4) is 0 Å². The summed E-state index contributed by atoms with van der Waals surface area (Å²) in [5.41, 5.74) is 1.70. The predicted molar refractivity (Wildman–Crippen MR) is 101 cm³/mol. The third kappa shape index (κ3) is 5.93. The molecular weight excluding hydrogens is 348 g/mol. The van der Waals surface area contributed by atoms with Gasteiger partial charge >= 0.3 is 11.9 Å². The second kappa shape index (κ2) is 9.49. The summed E-state index contributed by atoms with van der Waals surface area (Å²) < 4.78 is 9.37. The first kappa shape index (κ1) is 20.1. The molecule has 0 atom stereocenters. The van der Waals surface area contributed by atoms with Gasteiger partial charge in [0.05, 0.1) is 31.9 Å². The predicted octanol–water partition coefficient (Wildman–Crippen LogP) is 2.33. The van der Waals surface area contributed by atoms with Crippen LogP contribution in [0, 0.1) is 0 Å². The number of carbonyl (C=O) groups excluding carboxylic acids is 3. The summed E-state index contributed by atoms with van der Waals surface area (Å²) >= 11 is 0. The molecule has 0 bridgehead atoms. The van der Waals surface area contributed by atoms with Gasteiger partial charge in [-0.15, -0.1) is 0 Å². The lowest BCUT2D eigenvalue weighted by molar-refractivity contribution is -0.117. The number of methoxy groups -OCH3 is 2. The van der Waals surface area contributed by atoms with Crippen LogP contribution in [0.4, 0.5) is 5.69 Å². The lowest BCUT2D eigenvalue weighted by Crippen LogP contribution is -2.30. The average molecular weight is 370 g/mol. The fourth-order valence-corrected chi connectivity index (χ4v) is 2.57. The molecule has 142 valence electrons. The minimum Gasteiger partial charge on any atom is -0.465 e. The standard InChI is InChI=1S/C20H22N2O5/c1-22(12-14-7-5-4-6-8-14)13-18(23)21-17-10-15(19(24)26-2)9-16(11-17)20(25)27-3/h4-11H,12-13H2,1-3H3,(H,21,23). The largest absolute Gasteiger partial charge is 0.465 e. The summed E-state index contributed by atoms with van der Waals surface area (Å²) in [6.45, 7) is 0.759. The van der Waals surface area contributed by atoms with Gasteiger partial charge in [-0.2, -0.15) is 0 Å². The number of amides is 1. The van der Waals surface area contributed by atoms with Crippen molar-refractivity contribution in [1.29, 1.82) is 0 Å². The van der Waals surface area contributed by atoms with Crippen molar-refractivity contribution in [1.82, 2.24) is 4.90 Å². The van der Waals surface area contributed by atoms with Gasteiger partial charge in [0.15, 0.2) is 0 Å². The normalized spacial score (nSPS) is 10.4. The third-order valence-corrected chi connectivity index (χ3v) is 3.77. The maximum absolute atomic E-state index is 12.3. The number of likely N-dealkylation sites (N-methyl/N-ethyl adjacent to an activating group) is 1. The number of hydrogen-bond acceptors (Lipinski definition) is 6. The monoisotopic (exact) mass is 370 g/mol. The molecule has 0 aromatic heterocycles. The zero-order chi connectivity index (χ0) is 19.8. The van der Waals surface area contributed by atoms with Crippen LogP contribution in [0.2, 0.25) is 0 Å². The van der Waals surface area contributed by atoms with E-state index >= 15 is 0 Å². The van der Waals surface area contributed by atoms with Crippen molar-refractivity contribution in [3.05, 3.63) is 65.2 Å². The van der Waals surface area contributed by atoms with Gasteiger partial charge in [-0.3, -0.25) is 9.69 Å². The van der Waals surface area contributed by atoms with Crippen LogP contribution in [0.15, 0.2) is 48.5 Å². The highest BCUT2D eigenvalue weighted by molar-refractivity contribution is 5.99. The Balaban J connectivity index is 2.09. The van der Waals surface area contributed by atoms with Crippen molar-refractivity contribution in [2.75, 3.05) is 33.1 Å². The van der Waals surface area contributed by atoms with E-state index in [1.807, 2.05) is 42.3 Å². The summed E-state index contributed by atoms with van der Waals surface area (Å²) in [7, 11) is 4.31. The van der Waals surface area contributed by atoms with Crippen LogP contribution in [0.5, 0.6) is 0 Å². The molecule has 0 aliphatic carbocycles. The van der Waals surface area contributed by atoms with E-state index in [4.69, 9.17) is 0 Å². The van der Waals surface area contributed by atoms with Crippen molar-refractivity contribution in [2.24, 2.45) is 0 Å². The highest BCUT2D eigenvalue weighted by atomic mass is 16.5. The molecule has 27 heavy (non-hydrogen) atoms. The van der Waals surface area contributed by atoms with E-state index < -0.39 is 11.9 Å². The summed E-state index contributed by atoms with van der Waals surface area (Å²) in [6, 6.07) is 14.0. The van der Waals surface area contributed by atoms with Crippen LogP contribution in [0.25, 0.3) is 0 Å². The van der Waals surface area contributed by atoms with E-state index in [1.165, 1.54) is 32.4 Å². The Kier molecular flexibility index (Phi) is 7.08. The second-order valence-electron chi connectivity index (χ2n) is 5.99. The van der Waals surface area contributed by atoms with Crippen LogP contribution in [-0.2, 0) is 20.8 Å². The highest BCUT2D eigenvalue weighted by Gasteiger charge is 2.15. The second-order valence-corrected chi connectivity index (χ2v) is 5.99. The Bertz CT molecular complexity index is 786. The number of benzene rings is 2. The number of hydrogen-bond donors (Lipinski definition) is 1. The molecule has 1 amide bonds. The van der Waals surface area contributed by atoms with Crippen molar-refractivity contribution in [3.63, 3.8) is 0 Å². The van der Waals surface area contributed by atoms with E-state index in [2.05, 4.69) is 14.8 Å². The van der Waals surface area contributed by atoms with E-state index in [1.54, 1.807) is 0 Å². The molecule has 2 aromatic rings. The van der Waals surface area contributed by atoms with Gasteiger partial charge in [0.25, 0.3) is 0 Å². The van der Waals surface area contributed by atoms with E-state index in [-0.39, 0.29) is 23.6 Å². The molecule has 0 radical (unpaired) electrons. The number of rotatable bonds is 7. The van der Waals surface area contributed by atoms with Gasteiger partial charge in [-0.05, 0) is 30.8 Å². The van der Waals surface area contributed by atoms with Gasteiger partial charge in [0.2, 0.25) is 5.91 Å². The first-order valence-electron chi connectivity index (χ1n) is 8.27. The Morgan fingerprint density at radius 3 is 2.00 bits per heavy atom. The van der Waals surface area contributed by atoms with Gasteiger partial charge < -0.3 is 14.8 Å². The van der Waals surface area contributed by atoms with Crippen LogP contribution in [0.1, 0.15) is 26.3 Å². The average Bonchev–Trinajstić information content (AvgIpc) is 2.66. The Labute approximate surface area is 157 Å². The minimum absolute atomic E-state index is 0.144. The van der Waals surface area contributed by atoms with Gasteiger partial charge in [-0.1, -0.05) is 30.3 Å². The van der Waals surface area contributed by atoms with Crippen LogP contribution in [-0.4, -0.2) is 50.6 Å². The molecule has 0 saturated heterocycles. The zero-order valence-corrected chi connectivity index (χ0v) is 15.5. The van der Waals surface area contributed by atoms with Gasteiger partial charge in [0, 0.05) is 12.2 Å². The summed E-state index contributed by atoms with van der Waals surface area (Å²) in [6.07, 6.45) is 0. The fraction of sp³-hybridized carbons (Fsp3) is 0.250. The van der Waals surface area contributed by atoms with Gasteiger partial charge in [0.1, 0.15) is 0 Å². The molecule has 0 fully saturated rings. The fourth-order valence-electron chi connectivity index (χ4n) is 2.57. The van der Waals surface area contributed by atoms with E-state index in [0.29, 0.717) is 12.2 Å². The van der Waals surface area contributed by atoms with Crippen molar-refractivity contribution in [3.8, 4) is 0 Å². The molecule has 0 heterocycles. The zero-order valence-electron chi connectivity index (χ0n) is 15.5. The molecule has 0 aliphatic rings. The Hall–Kier alpha value is -3.19. The molecule has 2 aromatic carbocycles. The summed E-state index contributed by atoms with van der Waals surface area (Å²) in [5, 5.41) is 2.70. The summed E-state index contributed by atoms with van der Waals surface area (Å²) in [5.74, 6) is -1.50. The lowest BCUT2D eigenvalue weighted by Gasteiger charge is -2.17. The molecule has 7 heteroatoms.